The molecular formula is C18H25N5O2S. The van der Waals surface area contributed by atoms with E-state index in [1.807, 2.05) is 16.8 Å². The Morgan fingerprint density at radius 2 is 1.92 bits per heavy atom. The average molecular weight is 375 g/mol. The SMILES string of the molecule is CC(c1nnnn1C1CCCCC1)N1CCS(=O)(=O)c2ccccc2C1. The average Bonchev–Trinajstić information content (AvgIpc) is 3.10. The monoisotopic (exact) mass is 375 g/mol. The van der Waals surface area contributed by atoms with Crippen LogP contribution in [-0.4, -0.2) is 45.8 Å². The molecule has 0 bridgehead atoms. The van der Waals surface area contributed by atoms with E-state index in [2.05, 4.69) is 27.3 Å². The maximum atomic E-state index is 12.6. The number of tetrazole rings is 1. The van der Waals surface area contributed by atoms with Gasteiger partial charge in [0.1, 0.15) is 0 Å². The zero-order chi connectivity index (χ0) is 18.1. The number of aromatic nitrogens is 4. The first-order valence-corrected chi connectivity index (χ1v) is 11.0. The first-order chi connectivity index (χ1) is 12.6. The molecule has 1 fully saturated rings. The van der Waals surface area contributed by atoms with Crippen molar-refractivity contribution in [1.82, 2.24) is 25.1 Å². The largest absolute Gasteiger partial charge is 0.288 e. The van der Waals surface area contributed by atoms with Gasteiger partial charge in [-0.15, -0.1) is 5.10 Å². The van der Waals surface area contributed by atoms with Crippen LogP contribution in [0.25, 0.3) is 0 Å². The number of fused-ring (bicyclic) bond motifs is 1. The second kappa shape index (κ2) is 7.08. The van der Waals surface area contributed by atoms with Crippen molar-refractivity contribution in [2.24, 2.45) is 0 Å². The third-order valence-corrected chi connectivity index (χ3v) is 7.48. The van der Waals surface area contributed by atoms with Crippen LogP contribution < -0.4 is 0 Å². The molecule has 8 heteroatoms. The minimum Gasteiger partial charge on any atom is -0.288 e. The van der Waals surface area contributed by atoms with Crippen LogP contribution in [0.2, 0.25) is 0 Å². The molecule has 1 aromatic carbocycles. The molecule has 2 aliphatic rings. The zero-order valence-electron chi connectivity index (χ0n) is 15.1. The predicted molar refractivity (Wildman–Crippen MR) is 97.3 cm³/mol. The Bertz CT molecular complexity index is 873. The summed E-state index contributed by atoms with van der Waals surface area (Å²) >= 11 is 0. The first-order valence-electron chi connectivity index (χ1n) is 9.39. The van der Waals surface area contributed by atoms with Gasteiger partial charge in [0, 0.05) is 13.1 Å². The third kappa shape index (κ3) is 3.27. The molecule has 1 aromatic heterocycles. The number of sulfone groups is 1. The van der Waals surface area contributed by atoms with Crippen molar-refractivity contribution >= 4 is 9.84 Å². The number of hydrogen-bond donors (Lipinski definition) is 0. The Hall–Kier alpha value is -1.80. The van der Waals surface area contributed by atoms with Gasteiger partial charge in [0.15, 0.2) is 15.7 Å². The van der Waals surface area contributed by atoms with E-state index >= 15 is 0 Å². The van der Waals surface area contributed by atoms with Crippen LogP contribution in [-0.2, 0) is 16.4 Å². The lowest BCUT2D eigenvalue weighted by Gasteiger charge is -2.29. The maximum absolute atomic E-state index is 12.6. The van der Waals surface area contributed by atoms with Crippen molar-refractivity contribution in [1.29, 1.82) is 0 Å². The highest BCUT2D eigenvalue weighted by Crippen LogP contribution is 2.32. The second-order valence-corrected chi connectivity index (χ2v) is 9.42. The van der Waals surface area contributed by atoms with Crippen molar-refractivity contribution in [2.45, 2.75) is 62.6 Å². The quantitative estimate of drug-likeness (QED) is 0.820. The molecule has 0 spiro atoms. The number of rotatable bonds is 3. The van der Waals surface area contributed by atoms with Gasteiger partial charge < -0.3 is 0 Å². The zero-order valence-corrected chi connectivity index (χ0v) is 15.9. The fraction of sp³-hybridized carbons (Fsp3) is 0.611. The molecule has 1 unspecified atom stereocenters. The number of benzene rings is 1. The summed E-state index contributed by atoms with van der Waals surface area (Å²) in [6.07, 6.45) is 5.94. The highest BCUT2D eigenvalue weighted by Gasteiger charge is 2.31. The van der Waals surface area contributed by atoms with E-state index in [0.717, 1.165) is 24.2 Å². The Morgan fingerprint density at radius 1 is 1.15 bits per heavy atom. The standard InChI is InChI=1S/C18H25N5O2S/c1-14(18-19-20-21-23(18)16-8-3-2-4-9-16)22-11-12-26(24,25)17-10-6-5-7-15(17)13-22/h5-7,10,14,16H,2-4,8-9,11-13H2,1H3. The van der Waals surface area contributed by atoms with Crippen molar-refractivity contribution in [3.05, 3.63) is 35.7 Å². The highest BCUT2D eigenvalue weighted by molar-refractivity contribution is 7.91. The van der Waals surface area contributed by atoms with Gasteiger partial charge in [-0.1, -0.05) is 37.5 Å². The predicted octanol–water partition coefficient (Wildman–Crippen LogP) is 2.53. The summed E-state index contributed by atoms with van der Waals surface area (Å²) in [5, 5.41) is 12.5. The van der Waals surface area contributed by atoms with Crippen LogP contribution in [0.1, 0.15) is 62.5 Å². The Morgan fingerprint density at radius 3 is 2.73 bits per heavy atom. The summed E-state index contributed by atoms with van der Waals surface area (Å²) in [4.78, 5) is 2.63. The lowest BCUT2D eigenvalue weighted by molar-refractivity contribution is 0.193. The Kier molecular flexibility index (Phi) is 4.79. The van der Waals surface area contributed by atoms with E-state index in [1.165, 1.54) is 19.3 Å². The first kappa shape index (κ1) is 17.6. The van der Waals surface area contributed by atoms with Crippen molar-refractivity contribution in [3.63, 3.8) is 0 Å². The van der Waals surface area contributed by atoms with E-state index < -0.39 is 9.84 Å². The molecule has 0 amide bonds. The van der Waals surface area contributed by atoms with Gasteiger partial charge in [0.05, 0.1) is 22.7 Å². The molecule has 1 atom stereocenters. The smallest absolute Gasteiger partial charge is 0.179 e. The maximum Gasteiger partial charge on any atom is 0.179 e. The van der Waals surface area contributed by atoms with E-state index in [1.54, 1.807) is 12.1 Å². The molecule has 1 aliphatic carbocycles. The van der Waals surface area contributed by atoms with Crippen LogP contribution in [0, 0.1) is 0 Å². The molecule has 140 valence electrons. The van der Waals surface area contributed by atoms with Crippen molar-refractivity contribution in [3.8, 4) is 0 Å². The second-order valence-electron chi connectivity index (χ2n) is 7.35. The normalized spacial score (nSPS) is 22.5. The van der Waals surface area contributed by atoms with Crippen LogP contribution in [0.3, 0.4) is 0 Å². The van der Waals surface area contributed by atoms with E-state index in [4.69, 9.17) is 0 Å². The fourth-order valence-corrected chi connectivity index (χ4v) is 5.65. The number of hydrogen-bond acceptors (Lipinski definition) is 6. The molecule has 1 aliphatic heterocycles. The van der Waals surface area contributed by atoms with Crippen molar-refractivity contribution < 1.29 is 8.42 Å². The highest BCUT2D eigenvalue weighted by atomic mass is 32.2. The summed E-state index contributed by atoms with van der Waals surface area (Å²) < 4.78 is 27.2. The lowest BCUT2D eigenvalue weighted by Crippen LogP contribution is -2.32. The number of nitrogens with zero attached hydrogens (tertiary/aromatic N) is 5. The van der Waals surface area contributed by atoms with Crippen LogP contribution in [0.4, 0.5) is 0 Å². The van der Waals surface area contributed by atoms with Gasteiger partial charge in [-0.3, -0.25) is 4.90 Å². The molecule has 0 radical (unpaired) electrons. The summed E-state index contributed by atoms with van der Waals surface area (Å²) in [5.41, 5.74) is 0.855. The lowest BCUT2D eigenvalue weighted by atomic mass is 9.95. The molecule has 0 N–H and O–H groups in total. The summed E-state index contributed by atoms with van der Waals surface area (Å²) in [7, 11) is -3.24. The Labute approximate surface area is 154 Å². The summed E-state index contributed by atoms with van der Waals surface area (Å²) in [6, 6.07) is 7.63. The van der Waals surface area contributed by atoms with E-state index in [-0.39, 0.29) is 11.8 Å². The van der Waals surface area contributed by atoms with Crippen LogP contribution in [0.5, 0.6) is 0 Å². The molecule has 0 saturated heterocycles. The van der Waals surface area contributed by atoms with E-state index in [0.29, 0.717) is 24.0 Å². The van der Waals surface area contributed by atoms with Gasteiger partial charge in [0.2, 0.25) is 0 Å². The van der Waals surface area contributed by atoms with E-state index in [9.17, 15) is 8.42 Å². The molecule has 1 saturated carbocycles. The molecule has 7 nitrogen and oxygen atoms in total. The van der Waals surface area contributed by atoms with Gasteiger partial charge >= 0.3 is 0 Å². The van der Waals surface area contributed by atoms with Gasteiger partial charge in [0.25, 0.3) is 0 Å². The van der Waals surface area contributed by atoms with Gasteiger partial charge in [-0.25, -0.2) is 13.1 Å². The van der Waals surface area contributed by atoms with Crippen molar-refractivity contribution in [2.75, 3.05) is 12.3 Å². The third-order valence-electron chi connectivity index (χ3n) is 5.69. The summed E-state index contributed by atoms with van der Waals surface area (Å²) in [6.45, 7) is 3.15. The fourth-order valence-electron chi connectivity index (χ4n) is 4.14. The molecule has 4 rings (SSSR count). The molecule has 2 heterocycles. The van der Waals surface area contributed by atoms with Crippen LogP contribution in [0.15, 0.2) is 29.2 Å². The minimum atomic E-state index is -3.24. The molecular weight excluding hydrogens is 350 g/mol. The minimum absolute atomic E-state index is 0.0340. The van der Waals surface area contributed by atoms with Gasteiger partial charge in [-0.05, 0) is 41.8 Å². The molecule has 2 aromatic rings. The van der Waals surface area contributed by atoms with Crippen LogP contribution >= 0.6 is 0 Å². The van der Waals surface area contributed by atoms with Gasteiger partial charge in [-0.2, -0.15) is 0 Å². The summed E-state index contributed by atoms with van der Waals surface area (Å²) in [5.74, 6) is 0.966. The topological polar surface area (TPSA) is 81.0 Å². The Balaban J connectivity index is 1.62. The molecule has 26 heavy (non-hydrogen) atoms.